The Morgan fingerprint density at radius 1 is 0.868 bits per heavy atom. The fourth-order valence-electron chi connectivity index (χ4n) is 5.13. The number of carbonyl (C=O) groups excluding carboxylic acids is 3. The molecule has 3 aromatic rings. The van der Waals surface area contributed by atoms with Crippen molar-refractivity contribution in [2.75, 3.05) is 42.9 Å². The maximum absolute atomic E-state index is 13.1. The van der Waals surface area contributed by atoms with Crippen LogP contribution in [0.15, 0.2) is 72.8 Å². The van der Waals surface area contributed by atoms with Crippen molar-refractivity contribution in [3.8, 4) is 0 Å². The predicted octanol–water partition coefficient (Wildman–Crippen LogP) is 4.25. The van der Waals surface area contributed by atoms with Gasteiger partial charge in [0, 0.05) is 62.6 Å². The molecule has 0 spiro atoms. The van der Waals surface area contributed by atoms with Crippen LogP contribution < -0.4 is 10.2 Å². The van der Waals surface area contributed by atoms with E-state index in [2.05, 4.69) is 41.4 Å². The Morgan fingerprint density at radius 2 is 1.58 bits per heavy atom. The summed E-state index contributed by atoms with van der Waals surface area (Å²) in [5, 5.41) is 2.92. The smallest absolute Gasteiger partial charge is 0.253 e. The highest BCUT2D eigenvalue weighted by molar-refractivity contribution is 5.98. The summed E-state index contributed by atoms with van der Waals surface area (Å²) in [6.45, 7) is 7.96. The molecule has 5 rings (SSSR count). The number of likely N-dealkylation sites (tertiary alicyclic amines) is 1. The number of rotatable bonds is 6. The van der Waals surface area contributed by atoms with Crippen LogP contribution in [0.4, 0.5) is 11.4 Å². The second-order valence-corrected chi connectivity index (χ2v) is 10.3. The lowest BCUT2D eigenvalue weighted by Crippen LogP contribution is -2.48. The highest BCUT2D eigenvalue weighted by Gasteiger charge is 2.34. The first-order valence-corrected chi connectivity index (χ1v) is 13.2. The fourth-order valence-corrected chi connectivity index (χ4v) is 5.13. The van der Waals surface area contributed by atoms with E-state index in [4.69, 9.17) is 0 Å². The van der Waals surface area contributed by atoms with Crippen molar-refractivity contribution in [1.82, 2.24) is 9.80 Å². The topological polar surface area (TPSA) is 73.0 Å². The first kappa shape index (κ1) is 25.5. The molecule has 7 nitrogen and oxygen atoms in total. The zero-order valence-corrected chi connectivity index (χ0v) is 22.0. The summed E-state index contributed by atoms with van der Waals surface area (Å²) in [5.41, 5.74) is 5.88. The van der Waals surface area contributed by atoms with Gasteiger partial charge in [-0.3, -0.25) is 14.4 Å². The van der Waals surface area contributed by atoms with E-state index >= 15 is 0 Å². The Morgan fingerprint density at radius 3 is 2.26 bits per heavy atom. The number of aryl methyl sites for hydroxylation is 2. The molecule has 2 aliphatic rings. The summed E-state index contributed by atoms with van der Waals surface area (Å²) in [5.74, 6) is -0.566. The van der Waals surface area contributed by atoms with E-state index in [1.165, 1.54) is 16.8 Å². The molecule has 7 heteroatoms. The van der Waals surface area contributed by atoms with Gasteiger partial charge >= 0.3 is 0 Å². The van der Waals surface area contributed by atoms with Crippen molar-refractivity contribution in [3.63, 3.8) is 0 Å². The van der Waals surface area contributed by atoms with Crippen LogP contribution in [0.3, 0.4) is 0 Å². The zero-order chi connectivity index (χ0) is 26.6. The molecule has 0 aliphatic carbocycles. The number of amides is 3. The number of piperazine rings is 1. The minimum atomic E-state index is -0.390. The van der Waals surface area contributed by atoms with Crippen LogP contribution in [-0.2, 0) is 16.1 Å². The highest BCUT2D eigenvalue weighted by atomic mass is 16.2. The van der Waals surface area contributed by atoms with Crippen LogP contribution in [0.2, 0.25) is 0 Å². The van der Waals surface area contributed by atoms with Crippen molar-refractivity contribution in [2.45, 2.75) is 26.8 Å². The van der Waals surface area contributed by atoms with Gasteiger partial charge in [0.1, 0.15) is 0 Å². The maximum atomic E-state index is 13.1. The predicted molar refractivity (Wildman–Crippen MR) is 149 cm³/mol. The van der Waals surface area contributed by atoms with E-state index in [9.17, 15) is 14.4 Å². The van der Waals surface area contributed by atoms with Crippen molar-refractivity contribution in [1.29, 1.82) is 0 Å². The van der Waals surface area contributed by atoms with Crippen LogP contribution in [0.1, 0.15) is 33.5 Å². The highest BCUT2D eigenvalue weighted by Crippen LogP contribution is 2.23. The van der Waals surface area contributed by atoms with Gasteiger partial charge in [-0.25, -0.2) is 0 Å². The lowest BCUT2D eigenvalue weighted by atomic mass is 10.1. The van der Waals surface area contributed by atoms with E-state index in [1.807, 2.05) is 36.1 Å². The van der Waals surface area contributed by atoms with Crippen LogP contribution in [0, 0.1) is 19.8 Å². The van der Waals surface area contributed by atoms with Gasteiger partial charge in [0.25, 0.3) is 5.91 Å². The Bertz CT molecular complexity index is 1310. The summed E-state index contributed by atoms with van der Waals surface area (Å²) in [6, 6.07) is 23.6. The molecule has 0 radical (unpaired) electrons. The molecule has 2 heterocycles. The summed E-state index contributed by atoms with van der Waals surface area (Å²) in [4.78, 5) is 44.4. The number of hydrogen-bond acceptors (Lipinski definition) is 4. The lowest BCUT2D eigenvalue weighted by molar-refractivity contribution is -0.128. The molecule has 3 aromatic carbocycles. The largest absolute Gasteiger partial charge is 0.368 e. The van der Waals surface area contributed by atoms with Gasteiger partial charge in [-0.05, 0) is 61.4 Å². The van der Waals surface area contributed by atoms with Crippen LogP contribution >= 0.6 is 0 Å². The molecule has 1 N–H and O–H groups in total. The summed E-state index contributed by atoms with van der Waals surface area (Å²) < 4.78 is 0. The normalized spacial score (nSPS) is 17.6. The number of carbonyl (C=O) groups is 3. The van der Waals surface area contributed by atoms with Crippen LogP contribution in [0.5, 0.6) is 0 Å². The summed E-state index contributed by atoms with van der Waals surface area (Å²) in [6.07, 6.45) is 0.211. The molecular formula is C31H34N4O3. The standard InChI is InChI=1S/C31H34N4O3/c1-22-6-8-24(9-7-22)20-35-21-26(19-29(35)36)30(37)32-27-12-10-25(11-13-27)31(38)34-16-14-33(15-17-34)28-5-3-4-23(2)18-28/h3-13,18,26H,14-17,19-21H2,1-2H3,(H,32,37). The monoisotopic (exact) mass is 510 g/mol. The Balaban J connectivity index is 1.12. The minimum absolute atomic E-state index is 0.0000871. The first-order chi connectivity index (χ1) is 18.4. The fraction of sp³-hybridized carbons (Fsp3) is 0.323. The number of nitrogens with zero attached hydrogens (tertiary/aromatic N) is 3. The van der Waals surface area contributed by atoms with E-state index in [1.54, 1.807) is 29.2 Å². The molecule has 0 bridgehead atoms. The number of anilines is 2. The SMILES string of the molecule is Cc1ccc(CN2CC(C(=O)Nc3ccc(C(=O)N4CCN(c5cccc(C)c5)CC4)cc3)CC2=O)cc1. The molecular weight excluding hydrogens is 476 g/mol. The van der Waals surface area contributed by atoms with Crippen LogP contribution in [-0.4, -0.2) is 60.2 Å². The Labute approximate surface area is 224 Å². The van der Waals surface area contributed by atoms with E-state index in [0.717, 1.165) is 18.7 Å². The molecule has 1 unspecified atom stereocenters. The average Bonchev–Trinajstić information content (AvgIpc) is 3.30. The van der Waals surface area contributed by atoms with E-state index in [-0.39, 0.29) is 30.1 Å². The Hall–Kier alpha value is -4.13. The second-order valence-electron chi connectivity index (χ2n) is 10.3. The molecule has 3 amide bonds. The van der Waals surface area contributed by atoms with Gasteiger partial charge in [0.05, 0.1) is 5.92 Å². The second kappa shape index (κ2) is 11.1. The summed E-state index contributed by atoms with van der Waals surface area (Å²) >= 11 is 0. The van der Waals surface area contributed by atoms with Crippen molar-refractivity contribution < 1.29 is 14.4 Å². The van der Waals surface area contributed by atoms with Crippen molar-refractivity contribution in [2.24, 2.45) is 5.92 Å². The van der Waals surface area contributed by atoms with Gasteiger partial charge in [-0.15, -0.1) is 0 Å². The molecule has 0 aromatic heterocycles. The first-order valence-electron chi connectivity index (χ1n) is 13.2. The van der Waals surface area contributed by atoms with E-state index in [0.29, 0.717) is 37.4 Å². The quantitative estimate of drug-likeness (QED) is 0.538. The van der Waals surface area contributed by atoms with Gasteiger partial charge in [-0.2, -0.15) is 0 Å². The molecule has 2 aliphatic heterocycles. The van der Waals surface area contributed by atoms with Gasteiger partial charge < -0.3 is 20.0 Å². The molecule has 2 saturated heterocycles. The lowest BCUT2D eigenvalue weighted by Gasteiger charge is -2.36. The maximum Gasteiger partial charge on any atom is 0.253 e. The molecule has 1 atom stereocenters. The third-order valence-corrected chi connectivity index (χ3v) is 7.41. The molecule has 0 saturated carbocycles. The van der Waals surface area contributed by atoms with Crippen LogP contribution in [0.25, 0.3) is 0 Å². The van der Waals surface area contributed by atoms with Crippen molar-refractivity contribution >= 4 is 29.1 Å². The van der Waals surface area contributed by atoms with Gasteiger partial charge in [-0.1, -0.05) is 42.0 Å². The third-order valence-electron chi connectivity index (χ3n) is 7.41. The molecule has 196 valence electrons. The Kier molecular flexibility index (Phi) is 7.45. The van der Waals surface area contributed by atoms with Gasteiger partial charge in [0.15, 0.2) is 0 Å². The average molecular weight is 511 g/mol. The van der Waals surface area contributed by atoms with E-state index < -0.39 is 0 Å². The van der Waals surface area contributed by atoms with Crippen molar-refractivity contribution in [3.05, 3.63) is 95.1 Å². The molecule has 2 fully saturated rings. The van der Waals surface area contributed by atoms with Gasteiger partial charge in [0.2, 0.25) is 11.8 Å². The zero-order valence-electron chi connectivity index (χ0n) is 22.0. The third kappa shape index (κ3) is 5.88. The molecule has 38 heavy (non-hydrogen) atoms. The summed E-state index contributed by atoms with van der Waals surface area (Å²) in [7, 11) is 0. The number of hydrogen-bond donors (Lipinski definition) is 1. The number of benzene rings is 3. The number of nitrogens with one attached hydrogen (secondary N) is 1. The minimum Gasteiger partial charge on any atom is -0.368 e.